The molecule has 2 aromatic carbocycles. The molecule has 0 aliphatic rings. The molecule has 0 aromatic heterocycles. The zero-order valence-corrected chi connectivity index (χ0v) is 11.3. The summed E-state index contributed by atoms with van der Waals surface area (Å²) < 4.78 is 13.4. The minimum absolute atomic E-state index is 0.165. The van der Waals surface area contributed by atoms with Crippen LogP contribution in [0.4, 0.5) is 4.39 Å². The fourth-order valence-corrected chi connectivity index (χ4v) is 2.20. The molecule has 1 atom stereocenters. The fourth-order valence-electron chi connectivity index (χ4n) is 2.20. The minimum Gasteiger partial charge on any atom is -0.310 e. The number of nitrogens with one attached hydrogen (secondary N) is 1. The van der Waals surface area contributed by atoms with Crippen molar-refractivity contribution in [1.29, 1.82) is 0 Å². The Bertz CT molecular complexity index is 496. The summed E-state index contributed by atoms with van der Waals surface area (Å²) in [5, 5.41) is 3.49. The van der Waals surface area contributed by atoms with Crippen LogP contribution in [0.1, 0.15) is 30.5 Å². The molecule has 0 saturated heterocycles. The maximum absolute atomic E-state index is 13.4. The maximum Gasteiger partial charge on any atom is 0.123 e. The number of rotatable bonds is 6. The molecule has 0 saturated carbocycles. The van der Waals surface area contributed by atoms with Crippen LogP contribution in [0.25, 0.3) is 0 Å². The van der Waals surface area contributed by atoms with Crippen LogP contribution in [-0.2, 0) is 6.42 Å². The first-order valence-electron chi connectivity index (χ1n) is 6.82. The zero-order chi connectivity index (χ0) is 13.5. The van der Waals surface area contributed by atoms with Gasteiger partial charge in [-0.05, 0) is 42.6 Å². The van der Waals surface area contributed by atoms with Crippen LogP contribution in [0.2, 0.25) is 0 Å². The average Bonchev–Trinajstić information content (AvgIpc) is 2.44. The molecule has 1 unspecified atom stereocenters. The standard InChI is InChI=1S/C17H20FN/c1-2-11-19-17(12-14-7-4-3-5-8-14)15-9-6-10-16(18)13-15/h3-10,13,17,19H,2,11-12H2,1H3. The summed E-state index contributed by atoms with van der Waals surface area (Å²) in [4.78, 5) is 0. The molecule has 0 amide bonds. The Balaban J connectivity index is 2.16. The summed E-state index contributed by atoms with van der Waals surface area (Å²) in [7, 11) is 0. The van der Waals surface area contributed by atoms with Crippen molar-refractivity contribution in [2.75, 3.05) is 6.54 Å². The minimum atomic E-state index is -0.172. The van der Waals surface area contributed by atoms with Gasteiger partial charge in [-0.3, -0.25) is 0 Å². The Morgan fingerprint density at radius 1 is 1.05 bits per heavy atom. The SMILES string of the molecule is CCCNC(Cc1ccccc1)c1cccc(F)c1. The van der Waals surface area contributed by atoms with E-state index >= 15 is 0 Å². The van der Waals surface area contributed by atoms with E-state index in [1.165, 1.54) is 11.6 Å². The van der Waals surface area contributed by atoms with E-state index in [-0.39, 0.29) is 11.9 Å². The van der Waals surface area contributed by atoms with Crippen LogP contribution < -0.4 is 5.32 Å². The second-order valence-electron chi connectivity index (χ2n) is 4.75. The van der Waals surface area contributed by atoms with E-state index in [0.29, 0.717) is 0 Å². The highest BCUT2D eigenvalue weighted by Gasteiger charge is 2.11. The monoisotopic (exact) mass is 257 g/mol. The average molecular weight is 257 g/mol. The van der Waals surface area contributed by atoms with Gasteiger partial charge in [0.1, 0.15) is 5.82 Å². The normalized spacial score (nSPS) is 12.3. The molecule has 100 valence electrons. The van der Waals surface area contributed by atoms with Crippen molar-refractivity contribution >= 4 is 0 Å². The molecule has 2 heteroatoms. The molecule has 0 fully saturated rings. The van der Waals surface area contributed by atoms with Gasteiger partial charge in [0.05, 0.1) is 0 Å². The van der Waals surface area contributed by atoms with Crippen molar-refractivity contribution in [2.24, 2.45) is 0 Å². The van der Waals surface area contributed by atoms with Crippen molar-refractivity contribution < 1.29 is 4.39 Å². The first-order chi connectivity index (χ1) is 9.29. The van der Waals surface area contributed by atoms with Gasteiger partial charge in [-0.25, -0.2) is 4.39 Å². The lowest BCUT2D eigenvalue weighted by atomic mass is 9.98. The molecule has 0 radical (unpaired) electrons. The van der Waals surface area contributed by atoms with E-state index in [1.54, 1.807) is 12.1 Å². The smallest absolute Gasteiger partial charge is 0.123 e. The summed E-state index contributed by atoms with van der Waals surface area (Å²) >= 11 is 0. The highest BCUT2D eigenvalue weighted by atomic mass is 19.1. The van der Waals surface area contributed by atoms with Gasteiger partial charge < -0.3 is 5.32 Å². The molecular formula is C17H20FN. The van der Waals surface area contributed by atoms with Gasteiger partial charge in [0, 0.05) is 6.04 Å². The Hall–Kier alpha value is -1.67. The highest BCUT2D eigenvalue weighted by Crippen LogP contribution is 2.19. The quantitative estimate of drug-likeness (QED) is 0.821. The second kappa shape index (κ2) is 7.05. The van der Waals surface area contributed by atoms with Gasteiger partial charge in [-0.15, -0.1) is 0 Å². The third-order valence-corrected chi connectivity index (χ3v) is 3.17. The van der Waals surface area contributed by atoms with Gasteiger partial charge in [-0.2, -0.15) is 0 Å². The molecule has 0 aliphatic heterocycles. The van der Waals surface area contributed by atoms with E-state index in [9.17, 15) is 4.39 Å². The van der Waals surface area contributed by atoms with Gasteiger partial charge in [0.2, 0.25) is 0 Å². The molecule has 2 aromatic rings. The largest absolute Gasteiger partial charge is 0.310 e. The van der Waals surface area contributed by atoms with Crippen molar-refractivity contribution in [3.8, 4) is 0 Å². The summed E-state index contributed by atoms with van der Waals surface area (Å²) in [5.41, 5.74) is 2.28. The fraction of sp³-hybridized carbons (Fsp3) is 0.294. The molecular weight excluding hydrogens is 237 g/mol. The molecule has 0 spiro atoms. The van der Waals surface area contributed by atoms with E-state index in [2.05, 4.69) is 24.4 Å². The summed E-state index contributed by atoms with van der Waals surface area (Å²) in [6.07, 6.45) is 1.95. The predicted octanol–water partition coefficient (Wildman–Crippen LogP) is 4.11. The van der Waals surface area contributed by atoms with Crippen LogP contribution in [0.3, 0.4) is 0 Å². The number of hydrogen-bond donors (Lipinski definition) is 1. The molecule has 1 N–H and O–H groups in total. The maximum atomic E-state index is 13.4. The van der Waals surface area contributed by atoms with Crippen molar-refractivity contribution in [3.05, 3.63) is 71.5 Å². The molecule has 0 bridgehead atoms. The van der Waals surface area contributed by atoms with Crippen LogP contribution in [-0.4, -0.2) is 6.54 Å². The number of benzene rings is 2. The zero-order valence-electron chi connectivity index (χ0n) is 11.3. The number of hydrogen-bond acceptors (Lipinski definition) is 1. The van der Waals surface area contributed by atoms with Gasteiger partial charge in [0.15, 0.2) is 0 Å². The van der Waals surface area contributed by atoms with E-state index in [1.807, 2.05) is 24.3 Å². The third-order valence-electron chi connectivity index (χ3n) is 3.17. The van der Waals surface area contributed by atoms with Crippen LogP contribution in [0, 0.1) is 5.82 Å². The molecule has 19 heavy (non-hydrogen) atoms. The molecule has 1 nitrogen and oxygen atoms in total. The van der Waals surface area contributed by atoms with Crippen molar-refractivity contribution in [3.63, 3.8) is 0 Å². The van der Waals surface area contributed by atoms with Crippen molar-refractivity contribution in [1.82, 2.24) is 5.32 Å². The Morgan fingerprint density at radius 2 is 1.84 bits per heavy atom. The third kappa shape index (κ3) is 4.18. The van der Waals surface area contributed by atoms with E-state index in [4.69, 9.17) is 0 Å². The van der Waals surface area contributed by atoms with Gasteiger partial charge in [-0.1, -0.05) is 49.4 Å². The molecule has 0 heterocycles. The summed E-state index contributed by atoms with van der Waals surface area (Å²) in [5.74, 6) is -0.172. The Kier molecular flexibility index (Phi) is 5.10. The first kappa shape index (κ1) is 13.8. The van der Waals surface area contributed by atoms with Gasteiger partial charge in [0.25, 0.3) is 0 Å². The van der Waals surface area contributed by atoms with Crippen LogP contribution in [0.5, 0.6) is 0 Å². The van der Waals surface area contributed by atoms with E-state index < -0.39 is 0 Å². The van der Waals surface area contributed by atoms with Crippen LogP contribution in [0.15, 0.2) is 54.6 Å². The van der Waals surface area contributed by atoms with E-state index in [0.717, 1.165) is 24.9 Å². The lowest BCUT2D eigenvalue weighted by molar-refractivity contribution is 0.524. The summed E-state index contributed by atoms with van der Waals surface area (Å²) in [6.45, 7) is 3.08. The first-order valence-corrected chi connectivity index (χ1v) is 6.82. The Labute approximate surface area is 114 Å². The molecule has 0 aliphatic carbocycles. The van der Waals surface area contributed by atoms with Crippen molar-refractivity contribution in [2.45, 2.75) is 25.8 Å². The topological polar surface area (TPSA) is 12.0 Å². The highest BCUT2D eigenvalue weighted by molar-refractivity contribution is 5.24. The predicted molar refractivity (Wildman–Crippen MR) is 77.6 cm³/mol. The van der Waals surface area contributed by atoms with Gasteiger partial charge >= 0.3 is 0 Å². The lowest BCUT2D eigenvalue weighted by Crippen LogP contribution is -2.24. The summed E-state index contributed by atoms with van der Waals surface area (Å²) in [6, 6.07) is 17.3. The second-order valence-corrected chi connectivity index (χ2v) is 4.75. The van der Waals surface area contributed by atoms with Crippen LogP contribution >= 0.6 is 0 Å². The lowest BCUT2D eigenvalue weighted by Gasteiger charge is -2.19. The molecule has 2 rings (SSSR count). The number of halogens is 1. The Morgan fingerprint density at radius 3 is 2.53 bits per heavy atom.